The molecule has 1 unspecified atom stereocenters. The predicted molar refractivity (Wildman–Crippen MR) is 97.5 cm³/mol. The van der Waals surface area contributed by atoms with Crippen molar-refractivity contribution in [3.63, 3.8) is 0 Å². The molecule has 1 aliphatic rings. The third-order valence-electron chi connectivity index (χ3n) is 3.73. The summed E-state index contributed by atoms with van der Waals surface area (Å²) < 4.78 is 0. The van der Waals surface area contributed by atoms with Crippen molar-refractivity contribution in [3.8, 4) is 0 Å². The normalized spacial score (nSPS) is 16.2. The molecular formula is C18H17ClN2O2S. The average molecular weight is 361 g/mol. The van der Waals surface area contributed by atoms with Crippen molar-refractivity contribution >= 4 is 40.9 Å². The fourth-order valence-electron chi connectivity index (χ4n) is 2.46. The molecule has 0 aliphatic carbocycles. The van der Waals surface area contributed by atoms with Crippen LogP contribution < -0.4 is 10.6 Å². The van der Waals surface area contributed by atoms with E-state index >= 15 is 0 Å². The number of fused-ring (bicyclic) bond motifs is 1. The van der Waals surface area contributed by atoms with Crippen molar-refractivity contribution in [3.05, 3.63) is 59.1 Å². The summed E-state index contributed by atoms with van der Waals surface area (Å²) in [6.07, 6.45) is 0.904. The van der Waals surface area contributed by atoms with Gasteiger partial charge in [0.2, 0.25) is 11.8 Å². The van der Waals surface area contributed by atoms with Gasteiger partial charge in [-0.25, -0.2) is 0 Å². The number of rotatable bonds is 5. The van der Waals surface area contributed by atoms with Crippen molar-refractivity contribution in [2.24, 2.45) is 0 Å². The van der Waals surface area contributed by atoms with E-state index in [-0.39, 0.29) is 18.2 Å². The third-order valence-corrected chi connectivity index (χ3v) is 5.25. The van der Waals surface area contributed by atoms with Crippen LogP contribution in [0, 0.1) is 0 Å². The highest BCUT2D eigenvalue weighted by Gasteiger charge is 2.28. The SMILES string of the molecule is O=C(CC1Sc2ccccc2NC1=O)NCCc1ccc(Cl)cc1. The first kappa shape index (κ1) is 16.9. The van der Waals surface area contributed by atoms with Crippen LogP contribution in [0.3, 0.4) is 0 Å². The third kappa shape index (κ3) is 4.30. The average Bonchev–Trinajstić information content (AvgIpc) is 2.57. The number of hydrogen-bond acceptors (Lipinski definition) is 3. The molecule has 4 nitrogen and oxygen atoms in total. The van der Waals surface area contributed by atoms with Gasteiger partial charge in [-0.05, 0) is 36.2 Å². The Morgan fingerprint density at radius 1 is 1.17 bits per heavy atom. The van der Waals surface area contributed by atoms with Crippen LogP contribution in [0.15, 0.2) is 53.4 Å². The van der Waals surface area contributed by atoms with Gasteiger partial charge in [-0.3, -0.25) is 9.59 Å². The van der Waals surface area contributed by atoms with E-state index in [0.29, 0.717) is 11.6 Å². The summed E-state index contributed by atoms with van der Waals surface area (Å²) in [4.78, 5) is 25.2. The highest BCUT2D eigenvalue weighted by atomic mass is 35.5. The van der Waals surface area contributed by atoms with E-state index in [2.05, 4.69) is 10.6 Å². The van der Waals surface area contributed by atoms with Crippen molar-refractivity contribution in [1.29, 1.82) is 0 Å². The molecule has 0 saturated heterocycles. The van der Waals surface area contributed by atoms with Gasteiger partial charge in [-0.2, -0.15) is 0 Å². The molecule has 0 saturated carbocycles. The molecule has 2 aromatic rings. The number of anilines is 1. The first-order valence-corrected chi connectivity index (χ1v) is 8.95. The Kier molecular flexibility index (Phi) is 5.43. The first-order chi connectivity index (χ1) is 11.6. The largest absolute Gasteiger partial charge is 0.356 e. The van der Waals surface area contributed by atoms with Gasteiger partial charge < -0.3 is 10.6 Å². The fraction of sp³-hybridized carbons (Fsp3) is 0.222. The fourth-order valence-corrected chi connectivity index (χ4v) is 3.70. The minimum Gasteiger partial charge on any atom is -0.356 e. The Balaban J connectivity index is 1.48. The van der Waals surface area contributed by atoms with Crippen LogP contribution in [-0.4, -0.2) is 23.6 Å². The second-order valence-corrected chi connectivity index (χ2v) is 7.20. The standard InChI is InChI=1S/C18H17ClN2O2S/c19-13-7-5-12(6-8-13)9-10-20-17(22)11-16-18(23)21-14-3-1-2-4-15(14)24-16/h1-8,16H,9-11H2,(H,20,22)(H,21,23). The van der Waals surface area contributed by atoms with Crippen LogP contribution in [0.5, 0.6) is 0 Å². The molecule has 2 N–H and O–H groups in total. The molecule has 0 fully saturated rings. The number of thioether (sulfide) groups is 1. The lowest BCUT2D eigenvalue weighted by Gasteiger charge is -2.23. The van der Waals surface area contributed by atoms with E-state index in [4.69, 9.17) is 11.6 Å². The molecule has 2 aromatic carbocycles. The van der Waals surface area contributed by atoms with Gasteiger partial charge in [0.15, 0.2) is 0 Å². The van der Waals surface area contributed by atoms with E-state index in [0.717, 1.165) is 22.6 Å². The maximum Gasteiger partial charge on any atom is 0.238 e. The minimum absolute atomic E-state index is 0.115. The number of nitrogens with one attached hydrogen (secondary N) is 2. The molecule has 0 bridgehead atoms. The van der Waals surface area contributed by atoms with Gasteiger partial charge >= 0.3 is 0 Å². The van der Waals surface area contributed by atoms with Gasteiger partial charge in [0.05, 0.1) is 10.9 Å². The van der Waals surface area contributed by atoms with E-state index in [1.54, 1.807) is 0 Å². The summed E-state index contributed by atoms with van der Waals surface area (Å²) in [6.45, 7) is 0.538. The Morgan fingerprint density at radius 2 is 1.92 bits per heavy atom. The van der Waals surface area contributed by atoms with Crippen LogP contribution in [0.4, 0.5) is 5.69 Å². The second-order valence-electron chi connectivity index (χ2n) is 5.52. The van der Waals surface area contributed by atoms with Gasteiger partial charge in [0, 0.05) is 22.9 Å². The molecule has 124 valence electrons. The van der Waals surface area contributed by atoms with Crippen molar-refractivity contribution < 1.29 is 9.59 Å². The molecule has 1 heterocycles. The van der Waals surface area contributed by atoms with Gasteiger partial charge in [0.1, 0.15) is 0 Å². The number of benzene rings is 2. The van der Waals surface area contributed by atoms with Crippen molar-refractivity contribution in [2.75, 3.05) is 11.9 Å². The highest BCUT2D eigenvalue weighted by Crippen LogP contribution is 2.36. The molecule has 1 atom stereocenters. The minimum atomic E-state index is -0.393. The summed E-state index contributed by atoms with van der Waals surface area (Å²) in [5.74, 6) is -0.234. The Hall–Kier alpha value is -1.98. The molecule has 2 amide bonds. The quantitative estimate of drug-likeness (QED) is 0.858. The monoisotopic (exact) mass is 360 g/mol. The smallest absolute Gasteiger partial charge is 0.238 e. The summed E-state index contributed by atoms with van der Waals surface area (Å²) >= 11 is 7.28. The molecular weight excluding hydrogens is 344 g/mol. The van der Waals surface area contributed by atoms with Crippen molar-refractivity contribution in [2.45, 2.75) is 23.0 Å². The van der Waals surface area contributed by atoms with Gasteiger partial charge in [-0.15, -0.1) is 11.8 Å². The maximum atomic E-state index is 12.1. The Morgan fingerprint density at radius 3 is 2.71 bits per heavy atom. The molecule has 0 spiro atoms. The van der Waals surface area contributed by atoms with Gasteiger partial charge in [-0.1, -0.05) is 35.9 Å². The van der Waals surface area contributed by atoms with E-state index in [1.165, 1.54) is 11.8 Å². The van der Waals surface area contributed by atoms with E-state index < -0.39 is 5.25 Å². The maximum absolute atomic E-state index is 12.1. The first-order valence-electron chi connectivity index (χ1n) is 7.69. The lowest BCUT2D eigenvalue weighted by molar-refractivity contribution is -0.124. The second kappa shape index (κ2) is 7.73. The van der Waals surface area contributed by atoms with Crippen LogP contribution in [0.25, 0.3) is 0 Å². The van der Waals surface area contributed by atoms with Crippen LogP contribution in [0.2, 0.25) is 5.02 Å². The predicted octanol–water partition coefficient (Wildman–Crippen LogP) is 3.50. The number of carbonyl (C=O) groups excluding carboxylic acids is 2. The molecule has 3 rings (SSSR count). The molecule has 24 heavy (non-hydrogen) atoms. The topological polar surface area (TPSA) is 58.2 Å². The number of para-hydroxylation sites is 1. The molecule has 0 aromatic heterocycles. The molecule has 0 radical (unpaired) electrons. The molecule has 1 aliphatic heterocycles. The summed E-state index contributed by atoms with van der Waals surface area (Å²) in [5, 5.41) is 6.03. The zero-order valence-electron chi connectivity index (χ0n) is 12.9. The highest BCUT2D eigenvalue weighted by molar-refractivity contribution is 8.01. The summed E-state index contributed by atoms with van der Waals surface area (Å²) in [7, 11) is 0. The lowest BCUT2D eigenvalue weighted by Crippen LogP contribution is -2.35. The van der Waals surface area contributed by atoms with Crippen molar-refractivity contribution in [1.82, 2.24) is 5.32 Å². The number of halogens is 1. The van der Waals surface area contributed by atoms with Crippen LogP contribution >= 0.6 is 23.4 Å². The lowest BCUT2D eigenvalue weighted by atomic mass is 10.1. The summed E-state index contributed by atoms with van der Waals surface area (Å²) in [6, 6.07) is 15.2. The van der Waals surface area contributed by atoms with Gasteiger partial charge in [0.25, 0.3) is 0 Å². The number of hydrogen-bond donors (Lipinski definition) is 2. The Labute approximate surface area is 150 Å². The van der Waals surface area contributed by atoms with Crippen LogP contribution in [0.1, 0.15) is 12.0 Å². The Bertz CT molecular complexity index is 749. The summed E-state index contributed by atoms with van der Waals surface area (Å²) in [5.41, 5.74) is 1.92. The zero-order valence-corrected chi connectivity index (χ0v) is 14.5. The van der Waals surface area contributed by atoms with E-state index in [9.17, 15) is 9.59 Å². The van der Waals surface area contributed by atoms with E-state index in [1.807, 2.05) is 48.5 Å². The van der Waals surface area contributed by atoms with Crippen LogP contribution in [-0.2, 0) is 16.0 Å². The number of amides is 2. The zero-order chi connectivity index (χ0) is 16.9. The molecule has 6 heteroatoms. The number of carbonyl (C=O) groups is 2.